The molecule has 1 aromatic heterocycles. The molecule has 2 heterocycles. The van der Waals surface area contributed by atoms with Crippen LogP contribution in [0.2, 0.25) is 0 Å². The minimum absolute atomic E-state index is 0.00801. The summed E-state index contributed by atoms with van der Waals surface area (Å²) in [6.07, 6.45) is 7.84. The number of nitro groups is 1. The van der Waals surface area contributed by atoms with E-state index in [1.807, 2.05) is 0 Å². The van der Waals surface area contributed by atoms with Crippen molar-refractivity contribution in [3.05, 3.63) is 22.2 Å². The van der Waals surface area contributed by atoms with Gasteiger partial charge in [-0.25, -0.2) is 4.98 Å². The number of pyridine rings is 1. The molecule has 2 N–H and O–H groups in total. The molecule has 1 saturated heterocycles. The second kappa shape index (κ2) is 4.92. The standard InChI is InChI=1S/C14H20N4O2/c15-13-11(18(19)20)3-4-12(16-13)17-9-7-14(8-10-17)5-1-2-6-14/h3-4H,1-2,5-10H2,(H2,15,16). The van der Waals surface area contributed by atoms with E-state index in [1.54, 1.807) is 6.07 Å². The number of nitrogen functional groups attached to an aromatic ring is 1. The fourth-order valence-electron chi connectivity index (χ4n) is 3.62. The Labute approximate surface area is 118 Å². The van der Waals surface area contributed by atoms with E-state index in [1.165, 1.54) is 44.6 Å². The van der Waals surface area contributed by atoms with E-state index in [9.17, 15) is 10.1 Å². The summed E-state index contributed by atoms with van der Waals surface area (Å²) in [5.74, 6) is 0.773. The summed E-state index contributed by atoms with van der Waals surface area (Å²) >= 11 is 0. The zero-order chi connectivity index (χ0) is 14.2. The monoisotopic (exact) mass is 276 g/mol. The van der Waals surface area contributed by atoms with E-state index in [-0.39, 0.29) is 11.5 Å². The van der Waals surface area contributed by atoms with Crippen LogP contribution in [-0.2, 0) is 0 Å². The van der Waals surface area contributed by atoms with Gasteiger partial charge in [-0.05, 0) is 37.2 Å². The number of nitrogens with two attached hydrogens (primary N) is 1. The minimum atomic E-state index is -0.490. The maximum absolute atomic E-state index is 10.8. The van der Waals surface area contributed by atoms with Crippen LogP contribution in [0.5, 0.6) is 0 Å². The smallest absolute Gasteiger partial charge is 0.311 e. The Hall–Kier alpha value is -1.85. The van der Waals surface area contributed by atoms with E-state index in [2.05, 4.69) is 9.88 Å². The van der Waals surface area contributed by atoms with E-state index < -0.39 is 4.92 Å². The highest BCUT2D eigenvalue weighted by atomic mass is 16.6. The normalized spacial score (nSPS) is 21.3. The van der Waals surface area contributed by atoms with E-state index in [0.717, 1.165) is 18.9 Å². The van der Waals surface area contributed by atoms with Crippen LogP contribution in [0.15, 0.2) is 12.1 Å². The van der Waals surface area contributed by atoms with Crippen LogP contribution in [0.25, 0.3) is 0 Å². The lowest BCUT2D eigenvalue weighted by molar-refractivity contribution is -0.384. The SMILES string of the molecule is Nc1nc(N2CCC3(CCCC3)CC2)ccc1[N+](=O)[O-]. The summed E-state index contributed by atoms with van der Waals surface area (Å²) in [6.45, 7) is 1.95. The van der Waals surface area contributed by atoms with Gasteiger partial charge in [-0.3, -0.25) is 10.1 Å². The van der Waals surface area contributed by atoms with Crippen molar-refractivity contribution in [3.8, 4) is 0 Å². The van der Waals surface area contributed by atoms with Gasteiger partial charge in [0.15, 0.2) is 0 Å². The Morgan fingerprint density at radius 3 is 2.40 bits per heavy atom. The maximum atomic E-state index is 10.8. The summed E-state index contributed by atoms with van der Waals surface area (Å²) in [4.78, 5) is 16.7. The molecular weight excluding hydrogens is 256 g/mol. The summed E-state index contributed by atoms with van der Waals surface area (Å²) < 4.78 is 0. The van der Waals surface area contributed by atoms with Gasteiger partial charge in [0, 0.05) is 19.2 Å². The first kappa shape index (κ1) is 13.1. The van der Waals surface area contributed by atoms with Gasteiger partial charge in [0.25, 0.3) is 0 Å². The second-order valence-electron chi connectivity index (χ2n) is 6.03. The van der Waals surface area contributed by atoms with Crippen molar-refractivity contribution >= 4 is 17.3 Å². The van der Waals surface area contributed by atoms with E-state index >= 15 is 0 Å². The average Bonchev–Trinajstić information content (AvgIpc) is 2.87. The molecule has 0 bridgehead atoms. The molecule has 0 unspecified atom stereocenters. The molecule has 6 heteroatoms. The molecule has 1 aliphatic heterocycles. The molecule has 0 atom stereocenters. The first-order valence-corrected chi connectivity index (χ1v) is 7.26. The highest BCUT2D eigenvalue weighted by molar-refractivity contribution is 5.58. The van der Waals surface area contributed by atoms with Crippen molar-refractivity contribution in [1.29, 1.82) is 0 Å². The maximum Gasteiger partial charge on any atom is 0.311 e. The van der Waals surface area contributed by atoms with Crippen molar-refractivity contribution in [1.82, 2.24) is 4.98 Å². The Bertz CT molecular complexity index is 516. The molecular formula is C14H20N4O2. The molecule has 108 valence electrons. The van der Waals surface area contributed by atoms with E-state index in [4.69, 9.17) is 5.73 Å². The number of rotatable bonds is 2. The largest absolute Gasteiger partial charge is 0.378 e. The van der Waals surface area contributed by atoms with Crippen molar-refractivity contribution in [2.45, 2.75) is 38.5 Å². The highest BCUT2D eigenvalue weighted by Crippen LogP contribution is 2.46. The molecule has 3 rings (SSSR count). The number of hydrogen-bond acceptors (Lipinski definition) is 5. The van der Waals surface area contributed by atoms with Gasteiger partial charge < -0.3 is 10.6 Å². The van der Waals surface area contributed by atoms with Crippen molar-refractivity contribution in [2.75, 3.05) is 23.7 Å². The number of anilines is 2. The highest BCUT2D eigenvalue weighted by Gasteiger charge is 2.37. The van der Waals surface area contributed by atoms with E-state index in [0.29, 0.717) is 5.41 Å². The molecule has 1 aliphatic carbocycles. The fraction of sp³-hybridized carbons (Fsp3) is 0.643. The predicted octanol–water partition coefficient (Wildman–Crippen LogP) is 2.73. The second-order valence-corrected chi connectivity index (χ2v) is 6.03. The van der Waals surface area contributed by atoms with Crippen LogP contribution in [-0.4, -0.2) is 23.0 Å². The van der Waals surface area contributed by atoms with Crippen molar-refractivity contribution in [2.24, 2.45) is 5.41 Å². The number of hydrogen-bond donors (Lipinski definition) is 1. The summed E-state index contributed by atoms with van der Waals surface area (Å²) in [7, 11) is 0. The molecule has 2 aliphatic rings. The summed E-state index contributed by atoms with van der Waals surface area (Å²) in [5, 5.41) is 10.8. The lowest BCUT2D eigenvalue weighted by Crippen LogP contribution is -2.39. The Balaban J connectivity index is 1.72. The minimum Gasteiger partial charge on any atom is -0.378 e. The average molecular weight is 276 g/mol. The van der Waals surface area contributed by atoms with Crippen LogP contribution in [0.1, 0.15) is 38.5 Å². The zero-order valence-corrected chi connectivity index (χ0v) is 11.5. The zero-order valence-electron chi connectivity index (χ0n) is 11.5. The number of nitrogens with zero attached hydrogens (tertiary/aromatic N) is 3. The van der Waals surface area contributed by atoms with Gasteiger partial charge in [-0.15, -0.1) is 0 Å². The third kappa shape index (κ3) is 2.30. The Kier molecular flexibility index (Phi) is 3.23. The molecule has 6 nitrogen and oxygen atoms in total. The van der Waals surface area contributed by atoms with Crippen molar-refractivity contribution < 1.29 is 4.92 Å². The van der Waals surface area contributed by atoms with Crippen molar-refractivity contribution in [3.63, 3.8) is 0 Å². The molecule has 0 radical (unpaired) electrons. The Morgan fingerprint density at radius 1 is 1.20 bits per heavy atom. The summed E-state index contributed by atoms with van der Waals surface area (Å²) in [5.41, 5.74) is 6.11. The Morgan fingerprint density at radius 2 is 1.85 bits per heavy atom. The van der Waals surface area contributed by atoms with Crippen LogP contribution in [0.3, 0.4) is 0 Å². The lowest BCUT2D eigenvalue weighted by Gasteiger charge is -2.39. The quantitative estimate of drug-likeness (QED) is 0.663. The summed E-state index contributed by atoms with van der Waals surface area (Å²) in [6, 6.07) is 3.17. The van der Waals surface area contributed by atoms with Crippen LogP contribution >= 0.6 is 0 Å². The molecule has 20 heavy (non-hydrogen) atoms. The molecule has 1 spiro atoms. The first-order valence-electron chi connectivity index (χ1n) is 7.26. The third-order valence-corrected chi connectivity index (χ3v) is 4.90. The number of piperidine rings is 1. The molecule has 2 fully saturated rings. The molecule has 0 aromatic carbocycles. The van der Waals surface area contributed by atoms with Gasteiger partial charge >= 0.3 is 5.69 Å². The lowest BCUT2D eigenvalue weighted by atomic mass is 9.77. The van der Waals surface area contributed by atoms with Gasteiger partial charge in [0.1, 0.15) is 5.82 Å². The van der Waals surface area contributed by atoms with Crippen LogP contribution in [0, 0.1) is 15.5 Å². The molecule has 0 amide bonds. The van der Waals surface area contributed by atoms with Gasteiger partial charge in [0.05, 0.1) is 4.92 Å². The van der Waals surface area contributed by atoms with Gasteiger partial charge in [-0.1, -0.05) is 12.8 Å². The fourth-order valence-corrected chi connectivity index (χ4v) is 3.62. The predicted molar refractivity (Wildman–Crippen MR) is 77.7 cm³/mol. The molecule has 1 saturated carbocycles. The topological polar surface area (TPSA) is 85.3 Å². The first-order chi connectivity index (χ1) is 9.60. The number of aromatic nitrogens is 1. The van der Waals surface area contributed by atoms with Gasteiger partial charge in [-0.2, -0.15) is 0 Å². The van der Waals surface area contributed by atoms with Gasteiger partial charge in [0.2, 0.25) is 5.82 Å². The molecule has 1 aromatic rings. The third-order valence-electron chi connectivity index (χ3n) is 4.90. The van der Waals surface area contributed by atoms with Crippen LogP contribution < -0.4 is 10.6 Å². The van der Waals surface area contributed by atoms with Crippen LogP contribution in [0.4, 0.5) is 17.3 Å².